The van der Waals surface area contributed by atoms with Gasteiger partial charge in [-0.3, -0.25) is 14.5 Å². The number of benzene rings is 1. The quantitative estimate of drug-likeness (QED) is 0.702. The largest absolute Gasteiger partial charge is 0.493 e. The molecule has 1 N–H and O–H groups in total. The van der Waals surface area contributed by atoms with Gasteiger partial charge in [-0.05, 0) is 51.3 Å². The van der Waals surface area contributed by atoms with Crippen molar-refractivity contribution in [1.29, 1.82) is 0 Å². The lowest BCUT2D eigenvalue weighted by molar-refractivity contribution is -0.134. The molecule has 4 rings (SSSR count). The molecule has 3 saturated heterocycles. The highest BCUT2D eigenvalue weighted by molar-refractivity contribution is 6.07. The number of nitrogens with zero attached hydrogens (tertiary/aromatic N) is 3. The van der Waals surface area contributed by atoms with Gasteiger partial charge in [0, 0.05) is 26.2 Å². The summed E-state index contributed by atoms with van der Waals surface area (Å²) in [6.45, 7) is 8.03. The molecule has 3 aliphatic heterocycles. The first kappa shape index (κ1) is 21.6. The molecule has 168 valence electrons. The van der Waals surface area contributed by atoms with Gasteiger partial charge in [0.05, 0.1) is 18.2 Å². The maximum absolute atomic E-state index is 13.3. The van der Waals surface area contributed by atoms with Gasteiger partial charge in [-0.1, -0.05) is 19.1 Å². The second kappa shape index (κ2) is 8.86. The van der Waals surface area contributed by atoms with E-state index in [1.165, 1.54) is 4.90 Å². The van der Waals surface area contributed by atoms with Crippen LogP contribution in [-0.2, 0) is 4.79 Å². The van der Waals surface area contributed by atoms with Gasteiger partial charge in [-0.2, -0.15) is 0 Å². The number of carbonyl (C=O) groups is 3. The molecule has 3 heterocycles. The number of para-hydroxylation sites is 1. The third-order valence-corrected chi connectivity index (χ3v) is 6.68. The summed E-state index contributed by atoms with van der Waals surface area (Å²) in [4.78, 5) is 44.7. The minimum Gasteiger partial charge on any atom is -0.493 e. The first-order chi connectivity index (χ1) is 15.0. The van der Waals surface area contributed by atoms with Crippen LogP contribution in [0.1, 0.15) is 49.9 Å². The second-order valence-electron chi connectivity index (χ2n) is 8.65. The molecule has 8 nitrogen and oxygen atoms in total. The highest BCUT2D eigenvalue weighted by Crippen LogP contribution is 2.33. The Labute approximate surface area is 183 Å². The molecule has 1 atom stereocenters. The summed E-state index contributed by atoms with van der Waals surface area (Å²) in [5.41, 5.74) is -0.262. The fourth-order valence-electron chi connectivity index (χ4n) is 5.02. The molecule has 0 radical (unpaired) electrons. The third kappa shape index (κ3) is 4.01. The highest BCUT2D eigenvalue weighted by atomic mass is 16.5. The number of carbonyl (C=O) groups excluding carboxylic acids is 3. The van der Waals surface area contributed by atoms with Crippen LogP contribution in [0.5, 0.6) is 5.75 Å². The van der Waals surface area contributed by atoms with E-state index in [2.05, 4.69) is 17.1 Å². The van der Waals surface area contributed by atoms with E-state index >= 15 is 0 Å². The number of ether oxygens (including phenoxy) is 1. The summed E-state index contributed by atoms with van der Waals surface area (Å²) < 4.78 is 5.60. The zero-order valence-corrected chi connectivity index (χ0v) is 18.4. The van der Waals surface area contributed by atoms with Crippen molar-refractivity contribution in [3.8, 4) is 5.75 Å². The van der Waals surface area contributed by atoms with Crippen molar-refractivity contribution in [2.75, 3.05) is 39.3 Å². The summed E-state index contributed by atoms with van der Waals surface area (Å²) >= 11 is 0. The van der Waals surface area contributed by atoms with E-state index in [0.29, 0.717) is 50.3 Å². The molecular weight excluding hydrogens is 396 g/mol. The Morgan fingerprint density at radius 1 is 1.16 bits per heavy atom. The molecule has 3 aliphatic rings. The third-order valence-electron chi connectivity index (χ3n) is 6.68. The Morgan fingerprint density at radius 3 is 2.61 bits per heavy atom. The lowest BCUT2D eigenvalue weighted by Crippen LogP contribution is -2.55. The average molecular weight is 429 g/mol. The predicted octanol–water partition coefficient (Wildman–Crippen LogP) is 2.10. The van der Waals surface area contributed by atoms with E-state index in [-0.39, 0.29) is 23.9 Å². The zero-order valence-electron chi connectivity index (χ0n) is 18.4. The fourth-order valence-corrected chi connectivity index (χ4v) is 5.02. The lowest BCUT2D eigenvalue weighted by atomic mass is 9.87. The van der Waals surface area contributed by atoms with Gasteiger partial charge < -0.3 is 19.9 Å². The lowest BCUT2D eigenvalue weighted by Gasteiger charge is -2.37. The Bertz CT molecular complexity index is 850. The minimum absolute atomic E-state index is 0.123. The first-order valence-corrected chi connectivity index (χ1v) is 11.4. The van der Waals surface area contributed by atoms with E-state index < -0.39 is 5.54 Å². The van der Waals surface area contributed by atoms with E-state index in [4.69, 9.17) is 4.74 Å². The molecular formula is C23H32N4O4. The number of hydrogen-bond donors (Lipinski definition) is 1. The van der Waals surface area contributed by atoms with Crippen LogP contribution < -0.4 is 10.1 Å². The molecule has 1 aromatic carbocycles. The molecule has 0 saturated carbocycles. The normalized spacial score (nSPS) is 23.5. The van der Waals surface area contributed by atoms with E-state index in [0.717, 1.165) is 26.1 Å². The number of rotatable bonds is 6. The Hall–Kier alpha value is -2.61. The van der Waals surface area contributed by atoms with Crippen molar-refractivity contribution < 1.29 is 19.1 Å². The molecule has 1 aromatic rings. The molecule has 3 fully saturated rings. The second-order valence-corrected chi connectivity index (χ2v) is 8.65. The smallest absolute Gasteiger partial charge is 0.325 e. The van der Waals surface area contributed by atoms with Crippen LogP contribution in [0.25, 0.3) is 0 Å². The van der Waals surface area contributed by atoms with Crippen LogP contribution in [0, 0.1) is 0 Å². The molecule has 0 aromatic heterocycles. The number of nitrogens with one attached hydrogen (secondary N) is 1. The Morgan fingerprint density at radius 2 is 1.90 bits per heavy atom. The van der Waals surface area contributed by atoms with Gasteiger partial charge in [0.15, 0.2) is 0 Å². The number of imide groups is 1. The molecule has 0 bridgehead atoms. The van der Waals surface area contributed by atoms with Gasteiger partial charge in [-0.25, -0.2) is 4.79 Å². The van der Waals surface area contributed by atoms with Crippen molar-refractivity contribution >= 4 is 17.8 Å². The monoisotopic (exact) mass is 428 g/mol. The molecule has 4 amide bonds. The van der Waals surface area contributed by atoms with Crippen molar-refractivity contribution in [1.82, 2.24) is 20.0 Å². The number of likely N-dealkylation sites (tertiary alicyclic amines) is 2. The van der Waals surface area contributed by atoms with Gasteiger partial charge in [0.2, 0.25) is 0 Å². The number of amides is 4. The molecule has 31 heavy (non-hydrogen) atoms. The molecule has 1 spiro atoms. The maximum Gasteiger partial charge on any atom is 0.325 e. The van der Waals surface area contributed by atoms with Crippen molar-refractivity contribution in [3.05, 3.63) is 29.8 Å². The van der Waals surface area contributed by atoms with Gasteiger partial charge in [0.25, 0.3) is 11.8 Å². The molecule has 0 aliphatic carbocycles. The van der Waals surface area contributed by atoms with Crippen molar-refractivity contribution in [3.63, 3.8) is 0 Å². The summed E-state index contributed by atoms with van der Waals surface area (Å²) in [5, 5.41) is 3.00. The summed E-state index contributed by atoms with van der Waals surface area (Å²) in [6.07, 6.45) is 2.97. The number of piperidine rings is 1. The maximum atomic E-state index is 13.3. The zero-order chi connectivity index (χ0) is 22.0. The summed E-state index contributed by atoms with van der Waals surface area (Å²) in [6, 6.07) is 6.60. The van der Waals surface area contributed by atoms with Crippen LogP contribution in [-0.4, -0.2) is 83.5 Å². The standard InChI is InChI=1S/C23H32N4O4/c1-3-12-25-14-10-23(11-15-25)21(29)27(22(30)24-23)17-9-13-26(16-17)20(28)18-7-5-6-8-19(18)31-4-2/h5-8,17H,3-4,9-16H2,1-2H3,(H,24,30). The fraction of sp³-hybridized carbons (Fsp3) is 0.609. The van der Waals surface area contributed by atoms with Crippen LogP contribution in [0.3, 0.4) is 0 Å². The Kier molecular flexibility index (Phi) is 6.18. The predicted molar refractivity (Wildman–Crippen MR) is 116 cm³/mol. The van der Waals surface area contributed by atoms with Crippen molar-refractivity contribution in [2.45, 2.75) is 51.1 Å². The Balaban J connectivity index is 1.43. The average Bonchev–Trinajstić information content (AvgIpc) is 3.33. The van der Waals surface area contributed by atoms with Crippen molar-refractivity contribution in [2.24, 2.45) is 0 Å². The van der Waals surface area contributed by atoms with Crippen LogP contribution >= 0.6 is 0 Å². The topological polar surface area (TPSA) is 82.2 Å². The SMILES string of the molecule is CCCN1CCC2(CC1)NC(=O)N(C1CCN(C(=O)c3ccccc3OCC)C1)C2=O. The molecule has 8 heteroatoms. The number of hydrogen-bond acceptors (Lipinski definition) is 5. The molecule has 1 unspecified atom stereocenters. The summed E-state index contributed by atoms with van der Waals surface area (Å²) in [5.74, 6) is 0.315. The van der Waals surface area contributed by atoms with E-state index in [9.17, 15) is 14.4 Å². The van der Waals surface area contributed by atoms with Gasteiger partial charge in [0.1, 0.15) is 11.3 Å². The highest BCUT2D eigenvalue weighted by Gasteiger charge is 2.54. The first-order valence-electron chi connectivity index (χ1n) is 11.4. The minimum atomic E-state index is -0.777. The van der Waals surface area contributed by atoms with Gasteiger partial charge >= 0.3 is 6.03 Å². The number of urea groups is 1. The van der Waals surface area contributed by atoms with Crippen LogP contribution in [0.4, 0.5) is 4.79 Å². The van der Waals surface area contributed by atoms with E-state index in [1.807, 2.05) is 19.1 Å². The van der Waals surface area contributed by atoms with Crippen LogP contribution in [0.15, 0.2) is 24.3 Å². The van der Waals surface area contributed by atoms with E-state index in [1.54, 1.807) is 17.0 Å². The summed E-state index contributed by atoms with van der Waals surface area (Å²) in [7, 11) is 0. The van der Waals surface area contributed by atoms with Crippen LogP contribution in [0.2, 0.25) is 0 Å². The van der Waals surface area contributed by atoms with Gasteiger partial charge in [-0.15, -0.1) is 0 Å².